The van der Waals surface area contributed by atoms with Crippen LogP contribution >= 0.6 is 0 Å². The molecule has 2 N–H and O–H groups in total. The van der Waals surface area contributed by atoms with Crippen LogP contribution in [-0.2, 0) is 0 Å². The van der Waals surface area contributed by atoms with Gasteiger partial charge in [-0.15, -0.1) is 0 Å². The lowest BCUT2D eigenvalue weighted by molar-refractivity contribution is 0.0955. The quantitative estimate of drug-likeness (QED) is 0.658. The minimum absolute atomic E-state index is 0. The number of hydrazone groups is 1. The number of carbonyl (C=O) groups excluding carboxylic acids is 1. The number of nitrogens with zero attached hydrogens (tertiary/aromatic N) is 1. The number of ether oxygens (including phenoxy) is 1. The van der Waals surface area contributed by atoms with Gasteiger partial charge in [0.25, 0.3) is 5.91 Å². The van der Waals surface area contributed by atoms with Crippen LogP contribution in [0.2, 0.25) is 0 Å². The molecule has 22 heavy (non-hydrogen) atoms. The molecule has 0 atom stereocenters. The first-order valence-electron chi connectivity index (χ1n) is 6.54. The van der Waals surface area contributed by atoms with E-state index in [2.05, 4.69) is 10.5 Å². The average molecular weight is 300 g/mol. The lowest BCUT2D eigenvalue weighted by Gasteiger charge is -2.02. The molecular weight excluding hydrogens is 280 g/mol. The summed E-state index contributed by atoms with van der Waals surface area (Å²) in [6, 6.07) is 13.3. The van der Waals surface area contributed by atoms with Gasteiger partial charge in [-0.1, -0.05) is 7.43 Å². The maximum atomic E-state index is 11.8. The minimum atomic E-state index is -0.336. The summed E-state index contributed by atoms with van der Waals surface area (Å²) in [5, 5.41) is 13.0. The molecule has 2 aromatic rings. The molecule has 0 fully saturated rings. The normalized spacial score (nSPS) is 10.0. The second-order valence-corrected chi connectivity index (χ2v) is 4.25. The van der Waals surface area contributed by atoms with Gasteiger partial charge in [-0.3, -0.25) is 4.79 Å². The molecule has 0 aromatic heterocycles. The van der Waals surface area contributed by atoms with E-state index in [9.17, 15) is 4.79 Å². The monoisotopic (exact) mass is 300 g/mol. The van der Waals surface area contributed by atoms with Crippen LogP contribution in [0, 0.1) is 0 Å². The van der Waals surface area contributed by atoms with Crippen LogP contribution in [0.5, 0.6) is 11.5 Å². The summed E-state index contributed by atoms with van der Waals surface area (Å²) in [6.07, 6.45) is 1.55. The number of aromatic hydroxyl groups is 1. The number of nitrogens with one attached hydrogen (secondary N) is 1. The Morgan fingerprint density at radius 1 is 1.18 bits per heavy atom. The van der Waals surface area contributed by atoms with Crippen LogP contribution < -0.4 is 10.2 Å². The van der Waals surface area contributed by atoms with Crippen molar-refractivity contribution in [3.05, 3.63) is 59.7 Å². The molecule has 0 saturated heterocycles. The third-order valence-electron chi connectivity index (χ3n) is 2.70. The van der Waals surface area contributed by atoms with Crippen molar-refractivity contribution in [3.63, 3.8) is 0 Å². The predicted molar refractivity (Wildman–Crippen MR) is 87.5 cm³/mol. The maximum absolute atomic E-state index is 11.8. The van der Waals surface area contributed by atoms with Gasteiger partial charge in [0.2, 0.25) is 0 Å². The van der Waals surface area contributed by atoms with Gasteiger partial charge in [0.1, 0.15) is 11.5 Å². The van der Waals surface area contributed by atoms with E-state index >= 15 is 0 Å². The number of benzene rings is 2. The smallest absolute Gasteiger partial charge is 0.271 e. The van der Waals surface area contributed by atoms with Gasteiger partial charge in [-0.2, -0.15) is 5.10 Å². The second-order valence-electron chi connectivity index (χ2n) is 4.25. The molecule has 5 heteroatoms. The number of rotatable bonds is 5. The summed E-state index contributed by atoms with van der Waals surface area (Å²) in [7, 11) is 0. The van der Waals surface area contributed by atoms with E-state index in [0.29, 0.717) is 12.2 Å². The van der Waals surface area contributed by atoms with E-state index in [0.717, 1.165) is 11.3 Å². The Bertz CT molecular complexity index is 619. The molecule has 5 nitrogen and oxygen atoms in total. The Morgan fingerprint density at radius 3 is 2.41 bits per heavy atom. The van der Waals surface area contributed by atoms with Crippen molar-refractivity contribution in [2.24, 2.45) is 5.10 Å². The van der Waals surface area contributed by atoms with E-state index in [1.807, 2.05) is 31.2 Å². The van der Waals surface area contributed by atoms with Gasteiger partial charge in [-0.05, 0) is 61.0 Å². The molecule has 2 rings (SSSR count). The first-order valence-corrected chi connectivity index (χ1v) is 6.54. The van der Waals surface area contributed by atoms with Crippen molar-refractivity contribution < 1.29 is 14.6 Å². The highest BCUT2D eigenvalue weighted by Crippen LogP contribution is 2.11. The largest absolute Gasteiger partial charge is 0.508 e. The second kappa shape index (κ2) is 8.46. The first kappa shape index (κ1) is 17.2. The predicted octanol–water partition coefficient (Wildman–Crippen LogP) is 3.19. The minimum Gasteiger partial charge on any atom is -0.508 e. The van der Waals surface area contributed by atoms with Crippen LogP contribution in [0.25, 0.3) is 0 Å². The molecular formula is C17H20N2O3. The summed E-state index contributed by atoms with van der Waals surface area (Å²) in [5.74, 6) is 0.574. The molecule has 0 bridgehead atoms. The lowest BCUT2D eigenvalue weighted by atomic mass is 10.2. The fourth-order valence-corrected chi connectivity index (χ4v) is 1.66. The van der Waals surface area contributed by atoms with Crippen molar-refractivity contribution in [3.8, 4) is 11.5 Å². The van der Waals surface area contributed by atoms with E-state index in [4.69, 9.17) is 9.84 Å². The summed E-state index contributed by atoms with van der Waals surface area (Å²) in [5.41, 5.74) is 3.70. The van der Waals surface area contributed by atoms with Gasteiger partial charge in [0, 0.05) is 5.56 Å². The molecule has 0 aliphatic carbocycles. The van der Waals surface area contributed by atoms with Crippen LogP contribution in [0.3, 0.4) is 0 Å². The highest BCUT2D eigenvalue weighted by Gasteiger charge is 2.03. The van der Waals surface area contributed by atoms with Crippen LogP contribution in [0.4, 0.5) is 0 Å². The highest BCUT2D eigenvalue weighted by atomic mass is 16.5. The fraction of sp³-hybridized carbons (Fsp3) is 0.176. The molecule has 1 amide bonds. The Labute approximate surface area is 130 Å². The zero-order valence-corrected chi connectivity index (χ0v) is 11.6. The van der Waals surface area contributed by atoms with Crippen molar-refractivity contribution in [1.82, 2.24) is 5.43 Å². The summed E-state index contributed by atoms with van der Waals surface area (Å²) in [6.45, 7) is 2.55. The molecule has 0 aliphatic heterocycles. The van der Waals surface area contributed by atoms with E-state index < -0.39 is 0 Å². The lowest BCUT2D eigenvalue weighted by Crippen LogP contribution is -2.17. The highest BCUT2D eigenvalue weighted by molar-refractivity contribution is 5.94. The maximum Gasteiger partial charge on any atom is 0.271 e. The molecule has 0 radical (unpaired) electrons. The number of phenols is 1. The van der Waals surface area contributed by atoms with Crippen molar-refractivity contribution in [1.29, 1.82) is 0 Å². The number of hydrogen-bond donors (Lipinski definition) is 2. The molecule has 2 aromatic carbocycles. The summed E-state index contributed by atoms with van der Waals surface area (Å²) >= 11 is 0. The Kier molecular flexibility index (Phi) is 6.63. The number of amides is 1. The van der Waals surface area contributed by atoms with Gasteiger partial charge < -0.3 is 9.84 Å². The SMILES string of the molecule is C.CCOc1ccc(/C=N/NC(=O)c2ccc(O)cc2)cc1. The zero-order chi connectivity index (χ0) is 15.1. The third kappa shape index (κ3) is 4.94. The van der Waals surface area contributed by atoms with Gasteiger partial charge in [0.05, 0.1) is 12.8 Å². The van der Waals surface area contributed by atoms with Crippen LogP contribution in [-0.4, -0.2) is 23.8 Å². The van der Waals surface area contributed by atoms with Crippen LogP contribution in [0.15, 0.2) is 53.6 Å². The number of carbonyl (C=O) groups is 1. The van der Waals surface area contributed by atoms with E-state index in [1.165, 1.54) is 24.3 Å². The summed E-state index contributed by atoms with van der Waals surface area (Å²) < 4.78 is 5.34. The molecule has 0 heterocycles. The summed E-state index contributed by atoms with van der Waals surface area (Å²) in [4.78, 5) is 11.8. The molecule has 0 unspecified atom stereocenters. The third-order valence-corrected chi connectivity index (χ3v) is 2.70. The topological polar surface area (TPSA) is 70.9 Å². The van der Waals surface area contributed by atoms with Crippen molar-refractivity contribution in [2.45, 2.75) is 14.4 Å². The number of phenolic OH excluding ortho intramolecular Hbond substituents is 1. The Hall–Kier alpha value is -2.82. The van der Waals surface area contributed by atoms with Crippen molar-refractivity contribution in [2.75, 3.05) is 6.61 Å². The van der Waals surface area contributed by atoms with Gasteiger partial charge in [0.15, 0.2) is 0 Å². The average Bonchev–Trinajstić information content (AvgIpc) is 2.50. The van der Waals surface area contributed by atoms with E-state index in [1.54, 1.807) is 6.21 Å². The van der Waals surface area contributed by atoms with Crippen molar-refractivity contribution >= 4 is 12.1 Å². The standard InChI is InChI=1S/C16H16N2O3.CH4/c1-2-21-15-9-3-12(4-10-15)11-17-18-16(20)13-5-7-14(19)8-6-13;/h3-11,19H,2H2,1H3,(H,18,20);1H4/b17-11+;. The Balaban J connectivity index is 0.00000242. The first-order chi connectivity index (χ1) is 10.2. The molecule has 116 valence electrons. The fourth-order valence-electron chi connectivity index (χ4n) is 1.66. The van der Waals surface area contributed by atoms with Gasteiger partial charge in [-0.25, -0.2) is 5.43 Å². The number of hydrogen-bond acceptors (Lipinski definition) is 4. The van der Waals surface area contributed by atoms with Gasteiger partial charge >= 0.3 is 0 Å². The zero-order valence-electron chi connectivity index (χ0n) is 11.6. The van der Waals surface area contributed by atoms with E-state index in [-0.39, 0.29) is 19.1 Å². The molecule has 0 aliphatic rings. The molecule has 0 saturated carbocycles. The Morgan fingerprint density at radius 2 is 1.82 bits per heavy atom. The van der Waals surface area contributed by atoms with Crippen LogP contribution in [0.1, 0.15) is 30.3 Å². The molecule has 0 spiro atoms.